The third kappa shape index (κ3) is 5.62. The second-order valence-electron chi connectivity index (χ2n) is 5.28. The van der Waals surface area contributed by atoms with E-state index < -0.39 is 0 Å². The smallest absolute Gasteiger partial charge is 0.262 e. The highest BCUT2D eigenvalue weighted by atomic mass is 35.5. The predicted molar refractivity (Wildman–Crippen MR) is 97.4 cm³/mol. The Labute approximate surface area is 151 Å². The molecule has 1 atom stereocenters. The second-order valence-corrected chi connectivity index (χ2v) is 6.12. The molecule has 0 aliphatic heterocycles. The molecule has 1 unspecified atom stereocenters. The fourth-order valence-electron chi connectivity index (χ4n) is 1.90. The molecule has 0 heterocycles. The fourth-order valence-corrected chi connectivity index (χ4v) is 2.36. The van der Waals surface area contributed by atoms with E-state index in [1.165, 1.54) is 0 Å². The third-order valence-corrected chi connectivity index (χ3v) is 3.81. The molecular formula is C18H19Cl2NO3. The van der Waals surface area contributed by atoms with Crippen LogP contribution in [0.25, 0.3) is 0 Å². The van der Waals surface area contributed by atoms with Crippen LogP contribution in [-0.4, -0.2) is 18.6 Å². The Balaban J connectivity index is 1.91. The summed E-state index contributed by atoms with van der Waals surface area (Å²) >= 11 is 11.8. The Bertz CT molecular complexity index is 706. The van der Waals surface area contributed by atoms with Crippen LogP contribution in [0.1, 0.15) is 20.3 Å². The van der Waals surface area contributed by atoms with Crippen molar-refractivity contribution in [2.75, 3.05) is 11.9 Å². The average Bonchev–Trinajstić information content (AvgIpc) is 2.54. The monoisotopic (exact) mass is 367 g/mol. The molecule has 0 aliphatic carbocycles. The molecule has 2 aromatic carbocycles. The van der Waals surface area contributed by atoms with E-state index in [0.717, 1.165) is 6.42 Å². The van der Waals surface area contributed by atoms with Crippen molar-refractivity contribution in [3.8, 4) is 11.5 Å². The summed E-state index contributed by atoms with van der Waals surface area (Å²) < 4.78 is 11.1. The van der Waals surface area contributed by atoms with Gasteiger partial charge >= 0.3 is 0 Å². The van der Waals surface area contributed by atoms with Crippen LogP contribution in [0.15, 0.2) is 42.5 Å². The summed E-state index contributed by atoms with van der Waals surface area (Å²) in [5, 5.41) is 3.63. The molecule has 2 rings (SSSR count). The average molecular weight is 368 g/mol. The number of hydrogen-bond acceptors (Lipinski definition) is 3. The number of anilines is 1. The minimum absolute atomic E-state index is 0.117. The van der Waals surface area contributed by atoms with E-state index in [1.807, 2.05) is 19.1 Å². The van der Waals surface area contributed by atoms with Gasteiger partial charge in [-0.3, -0.25) is 4.79 Å². The van der Waals surface area contributed by atoms with Gasteiger partial charge in [-0.2, -0.15) is 0 Å². The molecule has 0 spiro atoms. The molecule has 0 saturated heterocycles. The largest absolute Gasteiger partial charge is 0.491 e. The Hall–Kier alpha value is -1.91. The van der Waals surface area contributed by atoms with Crippen molar-refractivity contribution < 1.29 is 14.3 Å². The zero-order valence-electron chi connectivity index (χ0n) is 13.5. The molecule has 0 saturated carbocycles. The maximum absolute atomic E-state index is 12.0. The van der Waals surface area contributed by atoms with Gasteiger partial charge in [0.2, 0.25) is 0 Å². The van der Waals surface area contributed by atoms with E-state index in [0.29, 0.717) is 27.2 Å². The lowest BCUT2D eigenvalue weighted by molar-refractivity contribution is -0.118. The third-order valence-electron chi connectivity index (χ3n) is 3.28. The fraction of sp³-hybridized carbons (Fsp3) is 0.278. The molecule has 0 aromatic heterocycles. The van der Waals surface area contributed by atoms with Gasteiger partial charge in [0.15, 0.2) is 6.61 Å². The minimum Gasteiger partial charge on any atom is -0.491 e. The maximum atomic E-state index is 12.0. The first-order chi connectivity index (χ1) is 11.5. The zero-order valence-corrected chi connectivity index (χ0v) is 15.0. The van der Waals surface area contributed by atoms with Crippen LogP contribution in [0, 0.1) is 0 Å². The molecule has 0 bridgehead atoms. The van der Waals surface area contributed by atoms with Crippen LogP contribution in [-0.2, 0) is 4.79 Å². The van der Waals surface area contributed by atoms with Gasteiger partial charge in [-0.05, 0) is 43.7 Å². The van der Waals surface area contributed by atoms with E-state index >= 15 is 0 Å². The van der Waals surface area contributed by atoms with E-state index in [4.69, 9.17) is 32.7 Å². The highest BCUT2D eigenvalue weighted by molar-refractivity contribution is 6.35. The lowest BCUT2D eigenvalue weighted by Crippen LogP contribution is -2.20. The Morgan fingerprint density at radius 2 is 2.00 bits per heavy atom. The maximum Gasteiger partial charge on any atom is 0.262 e. The molecule has 1 N–H and O–H groups in total. The van der Waals surface area contributed by atoms with Crippen molar-refractivity contribution in [1.29, 1.82) is 0 Å². The first-order valence-corrected chi connectivity index (χ1v) is 8.38. The van der Waals surface area contributed by atoms with Gasteiger partial charge in [0, 0.05) is 16.8 Å². The highest BCUT2D eigenvalue weighted by Crippen LogP contribution is 2.27. The highest BCUT2D eigenvalue weighted by Gasteiger charge is 2.08. The molecule has 0 fully saturated rings. The van der Waals surface area contributed by atoms with Gasteiger partial charge in [0.05, 0.1) is 11.1 Å². The number of amides is 1. The van der Waals surface area contributed by atoms with E-state index in [1.54, 1.807) is 30.3 Å². The number of ether oxygens (including phenoxy) is 2. The Morgan fingerprint density at radius 1 is 1.21 bits per heavy atom. The van der Waals surface area contributed by atoms with E-state index in [9.17, 15) is 4.79 Å². The van der Waals surface area contributed by atoms with Gasteiger partial charge in [0.1, 0.15) is 11.5 Å². The minimum atomic E-state index is -0.290. The van der Waals surface area contributed by atoms with Gasteiger partial charge < -0.3 is 14.8 Å². The van der Waals surface area contributed by atoms with Crippen LogP contribution >= 0.6 is 23.2 Å². The van der Waals surface area contributed by atoms with Crippen LogP contribution in [0.2, 0.25) is 10.0 Å². The van der Waals surface area contributed by atoms with Crippen molar-refractivity contribution in [2.24, 2.45) is 0 Å². The van der Waals surface area contributed by atoms with Gasteiger partial charge in [0.25, 0.3) is 5.91 Å². The van der Waals surface area contributed by atoms with Crippen molar-refractivity contribution in [2.45, 2.75) is 26.4 Å². The summed E-state index contributed by atoms with van der Waals surface area (Å²) in [7, 11) is 0. The molecule has 24 heavy (non-hydrogen) atoms. The van der Waals surface area contributed by atoms with Gasteiger partial charge in [-0.25, -0.2) is 0 Å². The number of nitrogens with one attached hydrogen (secondary N) is 1. The SMILES string of the molecule is CCC(C)Oc1cccc(NC(=O)COc2ccc(Cl)cc2Cl)c1. The van der Waals surface area contributed by atoms with Crippen molar-refractivity contribution in [3.05, 3.63) is 52.5 Å². The molecule has 2 aromatic rings. The van der Waals surface area contributed by atoms with Crippen LogP contribution in [0.3, 0.4) is 0 Å². The van der Waals surface area contributed by atoms with Crippen LogP contribution in [0.4, 0.5) is 5.69 Å². The molecular weight excluding hydrogens is 349 g/mol. The normalized spacial score (nSPS) is 11.7. The number of carbonyl (C=O) groups is 1. The quantitative estimate of drug-likeness (QED) is 0.732. The van der Waals surface area contributed by atoms with E-state index in [2.05, 4.69) is 12.2 Å². The van der Waals surface area contributed by atoms with Crippen LogP contribution in [0.5, 0.6) is 11.5 Å². The summed E-state index contributed by atoms with van der Waals surface area (Å²) in [6.07, 6.45) is 1.03. The van der Waals surface area contributed by atoms with Crippen molar-refractivity contribution >= 4 is 34.8 Å². The van der Waals surface area contributed by atoms with Crippen LogP contribution < -0.4 is 14.8 Å². The number of halogens is 2. The molecule has 0 aliphatic rings. The van der Waals surface area contributed by atoms with Gasteiger partial charge in [-0.1, -0.05) is 36.2 Å². The van der Waals surface area contributed by atoms with E-state index in [-0.39, 0.29) is 18.6 Å². The number of benzene rings is 2. The number of rotatable bonds is 7. The zero-order chi connectivity index (χ0) is 17.5. The second kappa shape index (κ2) is 8.81. The summed E-state index contributed by atoms with van der Waals surface area (Å²) in [4.78, 5) is 12.0. The lowest BCUT2D eigenvalue weighted by atomic mass is 10.2. The number of carbonyl (C=O) groups excluding carboxylic acids is 1. The molecule has 4 nitrogen and oxygen atoms in total. The molecule has 0 radical (unpaired) electrons. The predicted octanol–water partition coefficient (Wildman–Crippen LogP) is 5.19. The molecule has 128 valence electrons. The summed E-state index contributed by atoms with van der Waals surface area (Å²) in [6.45, 7) is 3.89. The summed E-state index contributed by atoms with van der Waals surface area (Å²) in [5.41, 5.74) is 0.645. The van der Waals surface area contributed by atoms with Crippen molar-refractivity contribution in [1.82, 2.24) is 0 Å². The topological polar surface area (TPSA) is 47.6 Å². The first kappa shape index (κ1) is 18.4. The summed E-state index contributed by atoms with van der Waals surface area (Å²) in [6, 6.07) is 12.1. The number of hydrogen-bond donors (Lipinski definition) is 1. The summed E-state index contributed by atoms with van der Waals surface area (Å²) in [5.74, 6) is 0.829. The first-order valence-electron chi connectivity index (χ1n) is 7.62. The molecule has 1 amide bonds. The standard InChI is InChI=1S/C18H19Cl2NO3/c1-3-12(2)24-15-6-4-5-14(10-15)21-18(22)11-23-17-8-7-13(19)9-16(17)20/h4-10,12H,3,11H2,1-2H3,(H,21,22). The molecule has 6 heteroatoms. The van der Waals surface area contributed by atoms with Gasteiger partial charge in [-0.15, -0.1) is 0 Å². The Kier molecular flexibility index (Phi) is 6.76. The van der Waals surface area contributed by atoms with Crippen molar-refractivity contribution in [3.63, 3.8) is 0 Å². The Morgan fingerprint density at radius 3 is 2.71 bits per heavy atom. The lowest BCUT2D eigenvalue weighted by Gasteiger charge is -2.14.